The van der Waals surface area contributed by atoms with E-state index in [2.05, 4.69) is 0 Å². The van der Waals surface area contributed by atoms with Crippen LogP contribution in [-0.2, 0) is 5.11 Å². The Labute approximate surface area is 62.0 Å². The van der Waals surface area contributed by atoms with Crippen molar-refractivity contribution < 1.29 is 5.11 Å². The van der Waals surface area contributed by atoms with E-state index in [0.29, 0.717) is 0 Å². The molecule has 1 nitrogen and oxygen atoms in total. The van der Waals surface area contributed by atoms with E-state index >= 15 is 0 Å². The molecule has 0 heterocycles. The molecular weight excluding hydrogens is 136 g/mol. The molecule has 9 heavy (non-hydrogen) atoms. The van der Waals surface area contributed by atoms with Crippen LogP contribution in [0.25, 0.3) is 0 Å². The summed E-state index contributed by atoms with van der Waals surface area (Å²) in [5, 5.41) is 9.94. The fourth-order valence-electron chi connectivity index (χ4n) is 0.727. The van der Waals surface area contributed by atoms with Crippen LogP contribution in [0.5, 0.6) is 0 Å². The van der Waals surface area contributed by atoms with E-state index in [9.17, 15) is 5.11 Å². The summed E-state index contributed by atoms with van der Waals surface area (Å²) < 4.78 is 0. The smallest absolute Gasteiger partial charge is 0.0822 e. The standard InChI is InChI=1S/C7H14ClO/c8-6-4-2-1-3-5-7-9/h1-7H2. The lowest BCUT2D eigenvalue weighted by Crippen LogP contribution is -1.82. The van der Waals surface area contributed by atoms with E-state index in [-0.39, 0.29) is 6.61 Å². The molecule has 55 valence electrons. The number of unbranched alkanes of at least 4 members (excludes halogenated alkanes) is 4. The van der Waals surface area contributed by atoms with Gasteiger partial charge in [-0.3, -0.25) is 0 Å². The van der Waals surface area contributed by atoms with Gasteiger partial charge in [-0.25, -0.2) is 5.11 Å². The zero-order valence-corrected chi connectivity index (χ0v) is 6.49. The van der Waals surface area contributed by atoms with Crippen LogP contribution in [-0.4, -0.2) is 12.5 Å². The molecule has 0 rings (SSSR count). The average molecular weight is 150 g/mol. The largest absolute Gasteiger partial charge is 0.237 e. The summed E-state index contributed by atoms with van der Waals surface area (Å²) in [5.41, 5.74) is 0. The Morgan fingerprint density at radius 3 is 2.00 bits per heavy atom. The van der Waals surface area contributed by atoms with Crippen LogP contribution in [0, 0.1) is 0 Å². The van der Waals surface area contributed by atoms with Crippen molar-refractivity contribution in [1.82, 2.24) is 0 Å². The average Bonchev–Trinajstić information content (AvgIpc) is 1.89. The lowest BCUT2D eigenvalue weighted by atomic mass is 10.2. The number of halogens is 1. The van der Waals surface area contributed by atoms with E-state index < -0.39 is 0 Å². The summed E-state index contributed by atoms with van der Waals surface area (Å²) >= 11 is 5.45. The Bertz CT molecular complexity index is 42.2. The topological polar surface area (TPSA) is 19.9 Å². The van der Waals surface area contributed by atoms with Gasteiger partial charge in [0, 0.05) is 5.88 Å². The molecule has 0 saturated heterocycles. The first-order chi connectivity index (χ1) is 4.41. The van der Waals surface area contributed by atoms with Gasteiger partial charge in [0.25, 0.3) is 0 Å². The summed E-state index contributed by atoms with van der Waals surface area (Å²) in [5.74, 6) is 0.761. The zero-order valence-electron chi connectivity index (χ0n) is 5.74. The molecule has 1 radical (unpaired) electrons. The molecule has 0 aromatic rings. The minimum atomic E-state index is 0.0842. The predicted octanol–water partition coefficient (Wildman–Crippen LogP) is 2.61. The Balaban J connectivity index is 2.60. The monoisotopic (exact) mass is 149 g/mol. The summed E-state index contributed by atoms with van der Waals surface area (Å²) in [6, 6.07) is 0. The maximum absolute atomic E-state index is 9.94. The highest BCUT2D eigenvalue weighted by Gasteiger charge is 1.87. The van der Waals surface area contributed by atoms with Crippen LogP contribution in [0.3, 0.4) is 0 Å². The molecule has 0 saturated carbocycles. The van der Waals surface area contributed by atoms with E-state index in [1.54, 1.807) is 0 Å². The molecule has 0 aliphatic heterocycles. The molecule has 0 bridgehead atoms. The fourth-order valence-corrected chi connectivity index (χ4v) is 0.916. The summed E-state index contributed by atoms with van der Waals surface area (Å²) in [6.07, 6.45) is 5.38. The highest BCUT2D eigenvalue weighted by molar-refractivity contribution is 6.17. The number of hydrogen-bond acceptors (Lipinski definition) is 0. The van der Waals surface area contributed by atoms with Crippen LogP contribution in [0.1, 0.15) is 32.1 Å². The van der Waals surface area contributed by atoms with Gasteiger partial charge in [-0.2, -0.15) is 0 Å². The highest BCUT2D eigenvalue weighted by atomic mass is 35.5. The molecule has 0 aromatic carbocycles. The van der Waals surface area contributed by atoms with Crippen molar-refractivity contribution in [3.05, 3.63) is 0 Å². The van der Waals surface area contributed by atoms with Crippen LogP contribution < -0.4 is 0 Å². The Morgan fingerprint density at radius 2 is 1.44 bits per heavy atom. The molecule has 0 atom stereocenters. The van der Waals surface area contributed by atoms with Gasteiger partial charge in [-0.05, 0) is 12.8 Å². The molecule has 0 fully saturated rings. The highest BCUT2D eigenvalue weighted by Crippen LogP contribution is 2.02. The van der Waals surface area contributed by atoms with Crippen molar-refractivity contribution >= 4 is 11.6 Å². The maximum Gasteiger partial charge on any atom is 0.0822 e. The first kappa shape index (κ1) is 9.25. The molecule has 0 amide bonds. The quantitative estimate of drug-likeness (QED) is 0.409. The summed E-state index contributed by atoms with van der Waals surface area (Å²) in [6.45, 7) is 0.0842. The second-order valence-corrected chi connectivity index (χ2v) is 2.54. The van der Waals surface area contributed by atoms with Gasteiger partial charge in [0.1, 0.15) is 0 Å². The van der Waals surface area contributed by atoms with Crippen LogP contribution in [0.15, 0.2) is 0 Å². The molecular formula is C7H14ClO. The molecule has 0 aromatic heterocycles. The van der Waals surface area contributed by atoms with Gasteiger partial charge >= 0.3 is 0 Å². The Morgan fingerprint density at radius 1 is 0.889 bits per heavy atom. The Kier molecular flexibility index (Phi) is 8.48. The van der Waals surface area contributed by atoms with Gasteiger partial charge in [-0.15, -0.1) is 11.6 Å². The summed E-state index contributed by atoms with van der Waals surface area (Å²) in [7, 11) is 0. The molecule has 0 spiro atoms. The van der Waals surface area contributed by atoms with Crippen molar-refractivity contribution in [2.45, 2.75) is 32.1 Å². The van der Waals surface area contributed by atoms with Gasteiger partial charge < -0.3 is 0 Å². The van der Waals surface area contributed by atoms with Crippen molar-refractivity contribution in [2.24, 2.45) is 0 Å². The number of hydrogen-bond donors (Lipinski definition) is 0. The van der Waals surface area contributed by atoms with Gasteiger partial charge in [0.2, 0.25) is 0 Å². The zero-order chi connectivity index (χ0) is 6.95. The molecule has 0 unspecified atom stereocenters. The lowest BCUT2D eigenvalue weighted by molar-refractivity contribution is 0.186. The van der Waals surface area contributed by atoms with Gasteiger partial charge in [0.05, 0.1) is 6.61 Å². The normalized spacial score (nSPS) is 10.0. The van der Waals surface area contributed by atoms with Crippen molar-refractivity contribution in [1.29, 1.82) is 0 Å². The van der Waals surface area contributed by atoms with E-state index in [0.717, 1.165) is 25.1 Å². The van der Waals surface area contributed by atoms with Crippen molar-refractivity contribution in [3.63, 3.8) is 0 Å². The second-order valence-electron chi connectivity index (χ2n) is 2.16. The van der Waals surface area contributed by atoms with Crippen LogP contribution in [0.2, 0.25) is 0 Å². The second kappa shape index (κ2) is 8.25. The maximum atomic E-state index is 9.94. The third kappa shape index (κ3) is 8.25. The first-order valence-corrected chi connectivity index (χ1v) is 4.09. The number of rotatable bonds is 6. The lowest BCUT2D eigenvalue weighted by Gasteiger charge is -1.94. The molecule has 2 heteroatoms. The first-order valence-electron chi connectivity index (χ1n) is 3.56. The van der Waals surface area contributed by atoms with E-state index in [1.165, 1.54) is 12.8 Å². The minimum Gasteiger partial charge on any atom is -0.237 e. The number of alkyl halides is 1. The van der Waals surface area contributed by atoms with Crippen LogP contribution >= 0.6 is 11.6 Å². The van der Waals surface area contributed by atoms with E-state index in [1.807, 2.05) is 0 Å². The predicted molar refractivity (Wildman–Crippen MR) is 39.4 cm³/mol. The molecule has 0 aliphatic carbocycles. The fraction of sp³-hybridized carbons (Fsp3) is 1.00. The SMILES string of the molecule is [O]CCCCCCCCl. The van der Waals surface area contributed by atoms with Crippen LogP contribution in [0.4, 0.5) is 0 Å². The van der Waals surface area contributed by atoms with Gasteiger partial charge in [0.15, 0.2) is 0 Å². The molecule has 0 aliphatic rings. The summed E-state index contributed by atoms with van der Waals surface area (Å²) in [4.78, 5) is 0. The van der Waals surface area contributed by atoms with Crippen molar-refractivity contribution in [3.8, 4) is 0 Å². The Hall–Kier alpha value is 0.250. The minimum absolute atomic E-state index is 0.0842. The van der Waals surface area contributed by atoms with Crippen molar-refractivity contribution in [2.75, 3.05) is 12.5 Å². The molecule has 0 N–H and O–H groups in total. The third-order valence-electron chi connectivity index (χ3n) is 1.28. The third-order valence-corrected chi connectivity index (χ3v) is 1.55. The van der Waals surface area contributed by atoms with Gasteiger partial charge in [-0.1, -0.05) is 19.3 Å². The van der Waals surface area contributed by atoms with E-state index in [4.69, 9.17) is 11.6 Å².